The van der Waals surface area contributed by atoms with Crippen molar-refractivity contribution in [2.45, 2.75) is 123 Å². The number of rotatable bonds is 2. The molecule has 0 bridgehead atoms. The second kappa shape index (κ2) is 6.65. The fourth-order valence-corrected chi connectivity index (χ4v) is 14.3. The highest BCUT2D eigenvalue weighted by atomic mass is 28.3. The summed E-state index contributed by atoms with van der Waals surface area (Å²) in [5, 5.41) is 0. The zero-order chi connectivity index (χ0) is 18.6. The van der Waals surface area contributed by atoms with E-state index in [1.807, 2.05) is 0 Å². The summed E-state index contributed by atoms with van der Waals surface area (Å²) in [7, 11) is -1.50. The Balaban J connectivity index is 1.84. The number of fused-ring (bicyclic) bond motifs is 2. The molecule has 2 heteroatoms. The minimum absolute atomic E-state index is 0.272. The van der Waals surface area contributed by atoms with Gasteiger partial charge in [0.25, 0.3) is 0 Å². The van der Waals surface area contributed by atoms with Gasteiger partial charge in [0.15, 0.2) is 0 Å². The van der Waals surface area contributed by atoms with Gasteiger partial charge in [0.2, 0.25) is 0 Å². The molecule has 1 nitrogen and oxygen atoms in total. The van der Waals surface area contributed by atoms with Crippen LogP contribution in [-0.2, 0) is 0 Å². The Hall–Kier alpha value is 0.177. The molecule has 0 spiro atoms. The molecule has 0 heterocycles. The molecule has 0 amide bonds. The first-order valence-corrected chi connectivity index (χ1v) is 14.3. The lowest BCUT2D eigenvalue weighted by molar-refractivity contribution is 0.0857. The molecule has 0 saturated heterocycles. The Morgan fingerprint density at radius 1 is 0.680 bits per heavy atom. The maximum Gasteiger partial charge on any atom is 0.126 e. The zero-order valence-corrected chi connectivity index (χ0v) is 19.5. The summed E-state index contributed by atoms with van der Waals surface area (Å²) in [4.78, 5) is 0. The summed E-state index contributed by atoms with van der Waals surface area (Å²) >= 11 is 0. The van der Waals surface area contributed by atoms with E-state index >= 15 is 0 Å². The van der Waals surface area contributed by atoms with Crippen molar-refractivity contribution in [2.24, 2.45) is 23.7 Å². The Morgan fingerprint density at radius 3 is 1.72 bits per heavy atom. The van der Waals surface area contributed by atoms with Gasteiger partial charge in [0.05, 0.1) is 0 Å². The quantitative estimate of drug-likeness (QED) is 0.473. The number of nitrogens with zero attached hydrogens (tertiary/aromatic N) is 1. The van der Waals surface area contributed by atoms with E-state index in [2.05, 4.69) is 59.2 Å². The van der Waals surface area contributed by atoms with Gasteiger partial charge >= 0.3 is 0 Å². The highest BCUT2D eigenvalue weighted by molar-refractivity contribution is 6.76. The van der Waals surface area contributed by atoms with Crippen LogP contribution >= 0.6 is 0 Å². The standard InChI is InChI=1S/C23H45NSi/c1-22(2,3)24(23(4,5)6)25(7,8)21-14-13-19-15-17-11-9-10-12-18(17)16-20(19)21/h17-21H,9-16H2,1-8H3. The molecule has 3 rings (SSSR count). The molecule has 3 fully saturated rings. The lowest BCUT2D eigenvalue weighted by atomic mass is 9.64. The predicted octanol–water partition coefficient (Wildman–Crippen LogP) is 7.09. The van der Waals surface area contributed by atoms with Gasteiger partial charge in [-0.1, -0.05) is 51.6 Å². The van der Waals surface area contributed by atoms with Crippen LogP contribution in [0, 0.1) is 23.7 Å². The van der Waals surface area contributed by atoms with Crippen molar-refractivity contribution < 1.29 is 0 Å². The second-order valence-electron chi connectivity index (χ2n) is 12.2. The highest BCUT2D eigenvalue weighted by Gasteiger charge is 2.54. The van der Waals surface area contributed by atoms with Crippen LogP contribution in [0.5, 0.6) is 0 Å². The Kier molecular flexibility index (Phi) is 5.30. The Morgan fingerprint density at radius 2 is 1.20 bits per heavy atom. The number of hydrogen-bond acceptors (Lipinski definition) is 1. The largest absolute Gasteiger partial charge is 0.314 e. The summed E-state index contributed by atoms with van der Waals surface area (Å²) in [5.41, 5.74) is 1.56. The van der Waals surface area contributed by atoms with Gasteiger partial charge < -0.3 is 4.57 Å². The molecular weight excluding hydrogens is 318 g/mol. The van der Waals surface area contributed by atoms with Crippen molar-refractivity contribution in [3.63, 3.8) is 0 Å². The molecule has 0 aromatic rings. The second-order valence-corrected chi connectivity index (χ2v) is 16.7. The Bertz CT molecular complexity index is 455. The van der Waals surface area contributed by atoms with Crippen molar-refractivity contribution in [3.8, 4) is 0 Å². The van der Waals surface area contributed by atoms with Gasteiger partial charge in [-0.25, -0.2) is 0 Å². The first-order valence-electron chi connectivity index (χ1n) is 11.2. The average Bonchev–Trinajstić information content (AvgIpc) is 2.84. The molecule has 3 aliphatic rings. The smallest absolute Gasteiger partial charge is 0.126 e. The summed E-state index contributed by atoms with van der Waals surface area (Å²) in [6, 6.07) is 0. The molecule has 3 aliphatic carbocycles. The first-order chi connectivity index (χ1) is 11.4. The van der Waals surface area contributed by atoms with E-state index in [0.717, 1.165) is 29.2 Å². The molecule has 5 atom stereocenters. The average molecular weight is 364 g/mol. The van der Waals surface area contributed by atoms with E-state index in [9.17, 15) is 0 Å². The summed E-state index contributed by atoms with van der Waals surface area (Å²) in [6.45, 7) is 20.2. The van der Waals surface area contributed by atoms with Crippen LogP contribution in [0.15, 0.2) is 0 Å². The molecule has 0 N–H and O–H groups in total. The van der Waals surface area contributed by atoms with Gasteiger partial charge in [-0.15, -0.1) is 0 Å². The van der Waals surface area contributed by atoms with Gasteiger partial charge in [-0.05, 0) is 83.6 Å². The van der Waals surface area contributed by atoms with Gasteiger partial charge in [-0.2, -0.15) is 0 Å². The van der Waals surface area contributed by atoms with Crippen LogP contribution < -0.4 is 0 Å². The Labute approximate surface area is 159 Å². The molecule has 0 aliphatic heterocycles. The minimum Gasteiger partial charge on any atom is -0.314 e. The third-order valence-electron chi connectivity index (χ3n) is 8.04. The van der Waals surface area contributed by atoms with Crippen LogP contribution in [0.4, 0.5) is 0 Å². The fourth-order valence-electron chi connectivity index (χ4n) is 8.22. The van der Waals surface area contributed by atoms with Crippen LogP contribution in [0.25, 0.3) is 0 Å². The maximum atomic E-state index is 2.99. The van der Waals surface area contributed by atoms with Gasteiger partial charge in [-0.3, -0.25) is 0 Å². The molecule has 25 heavy (non-hydrogen) atoms. The van der Waals surface area contributed by atoms with E-state index in [-0.39, 0.29) is 11.1 Å². The van der Waals surface area contributed by atoms with Crippen LogP contribution in [-0.4, -0.2) is 23.9 Å². The molecule has 146 valence electrons. The van der Waals surface area contributed by atoms with E-state index in [1.165, 1.54) is 25.7 Å². The summed E-state index contributed by atoms with van der Waals surface area (Å²) in [5.74, 6) is 4.30. The molecule has 0 radical (unpaired) electrons. The topological polar surface area (TPSA) is 3.24 Å². The van der Waals surface area contributed by atoms with Crippen LogP contribution in [0.1, 0.15) is 92.9 Å². The first kappa shape index (κ1) is 19.9. The maximum absolute atomic E-state index is 2.99. The van der Waals surface area contributed by atoms with E-state index in [4.69, 9.17) is 0 Å². The SMILES string of the molecule is CC(C)(C)N(C(C)(C)C)[Si](C)(C)C1CCC2CC3CCCCC3CC21. The fraction of sp³-hybridized carbons (Fsp3) is 1.00. The molecule has 0 aromatic carbocycles. The number of hydrogen-bond donors (Lipinski definition) is 0. The van der Waals surface area contributed by atoms with E-state index in [0.29, 0.717) is 0 Å². The van der Waals surface area contributed by atoms with Crippen molar-refractivity contribution in [2.75, 3.05) is 0 Å². The van der Waals surface area contributed by atoms with Crippen LogP contribution in [0.2, 0.25) is 18.6 Å². The highest BCUT2D eigenvalue weighted by Crippen LogP contribution is 2.59. The normalized spacial score (nSPS) is 37.1. The summed E-state index contributed by atoms with van der Waals surface area (Å²) < 4.78 is 2.99. The molecular formula is C23H45NSi. The lowest BCUT2D eigenvalue weighted by Gasteiger charge is -2.57. The van der Waals surface area contributed by atoms with E-state index < -0.39 is 8.24 Å². The van der Waals surface area contributed by atoms with Gasteiger partial charge in [0.1, 0.15) is 8.24 Å². The monoisotopic (exact) mass is 363 g/mol. The minimum atomic E-state index is -1.50. The van der Waals surface area contributed by atoms with Crippen LogP contribution in [0.3, 0.4) is 0 Å². The molecule has 5 unspecified atom stereocenters. The van der Waals surface area contributed by atoms with Crippen molar-refractivity contribution in [3.05, 3.63) is 0 Å². The lowest BCUT2D eigenvalue weighted by Crippen LogP contribution is -2.67. The van der Waals surface area contributed by atoms with Gasteiger partial charge in [0, 0.05) is 11.1 Å². The zero-order valence-electron chi connectivity index (χ0n) is 18.5. The predicted molar refractivity (Wildman–Crippen MR) is 113 cm³/mol. The van der Waals surface area contributed by atoms with Crippen molar-refractivity contribution in [1.82, 2.24) is 4.57 Å². The summed E-state index contributed by atoms with van der Waals surface area (Å²) in [6.07, 6.45) is 12.4. The molecule has 0 aromatic heterocycles. The third-order valence-corrected chi connectivity index (χ3v) is 13.1. The third kappa shape index (κ3) is 3.77. The molecule has 3 saturated carbocycles. The van der Waals surface area contributed by atoms with E-state index in [1.54, 1.807) is 25.7 Å². The van der Waals surface area contributed by atoms with Crippen molar-refractivity contribution >= 4 is 8.24 Å². The van der Waals surface area contributed by atoms with Crippen molar-refractivity contribution in [1.29, 1.82) is 0 Å².